The van der Waals surface area contributed by atoms with Crippen LogP contribution in [0.2, 0.25) is 0 Å². The Balaban J connectivity index is 1.84. The van der Waals surface area contributed by atoms with Crippen molar-refractivity contribution in [1.29, 1.82) is 0 Å². The molecule has 0 fully saturated rings. The molecule has 0 spiro atoms. The summed E-state index contributed by atoms with van der Waals surface area (Å²) in [6, 6.07) is 14.1. The van der Waals surface area contributed by atoms with Gasteiger partial charge in [0.05, 0.1) is 18.8 Å². The minimum Gasteiger partial charge on any atom is -0.406 e. The summed E-state index contributed by atoms with van der Waals surface area (Å²) < 4.78 is 43.4. The molecule has 0 unspecified atom stereocenters. The van der Waals surface area contributed by atoms with E-state index in [4.69, 9.17) is 10.1 Å². The third-order valence-electron chi connectivity index (χ3n) is 4.72. The monoisotopic (exact) mass is 465 g/mol. The van der Waals surface area contributed by atoms with E-state index in [0.717, 1.165) is 34.6 Å². The molecule has 0 atom stereocenters. The zero-order chi connectivity index (χ0) is 23.0. The zero-order valence-corrected chi connectivity index (χ0v) is 18.5. The summed E-state index contributed by atoms with van der Waals surface area (Å²) in [5.74, 6) is -0.250. The van der Waals surface area contributed by atoms with Gasteiger partial charge in [-0.25, -0.2) is 0 Å². The third-order valence-corrected chi connectivity index (χ3v) is 5.62. The van der Waals surface area contributed by atoms with Crippen LogP contribution >= 0.6 is 11.3 Å². The van der Waals surface area contributed by atoms with Crippen molar-refractivity contribution in [3.63, 3.8) is 0 Å². The largest absolute Gasteiger partial charge is 0.573 e. The average Bonchev–Trinajstić information content (AvgIpc) is 3.15. The van der Waals surface area contributed by atoms with Gasteiger partial charge in [-0.05, 0) is 55.3 Å². The molecule has 0 saturated heterocycles. The minimum atomic E-state index is -4.71. The van der Waals surface area contributed by atoms with E-state index in [1.165, 1.54) is 29.0 Å². The summed E-state index contributed by atoms with van der Waals surface area (Å²) in [5, 5.41) is 14.0. The Bertz CT molecular complexity index is 1040. The fourth-order valence-corrected chi connectivity index (χ4v) is 4.08. The van der Waals surface area contributed by atoms with Crippen LogP contribution in [-0.4, -0.2) is 35.7 Å². The van der Waals surface area contributed by atoms with E-state index in [0.29, 0.717) is 19.6 Å². The molecule has 2 N–H and O–H groups in total. The van der Waals surface area contributed by atoms with Crippen molar-refractivity contribution in [2.45, 2.75) is 32.8 Å². The Kier molecular flexibility index (Phi) is 8.49. The molecule has 172 valence electrons. The number of hydrogen-bond donors (Lipinski definition) is 2. The van der Waals surface area contributed by atoms with Gasteiger partial charge in [0.25, 0.3) is 0 Å². The zero-order valence-electron chi connectivity index (χ0n) is 17.7. The molecular weight excluding hydrogens is 439 g/mol. The second kappa shape index (κ2) is 11.3. The third kappa shape index (κ3) is 7.22. The van der Waals surface area contributed by atoms with Gasteiger partial charge in [-0.3, -0.25) is 4.99 Å². The molecule has 2 aromatic carbocycles. The second-order valence-electron chi connectivity index (χ2n) is 7.26. The number of nitrogens with one attached hydrogen (secondary N) is 1. The van der Waals surface area contributed by atoms with Crippen LogP contribution in [0.5, 0.6) is 5.75 Å². The van der Waals surface area contributed by atoms with Crippen molar-refractivity contribution >= 4 is 11.3 Å². The Morgan fingerprint density at radius 2 is 1.78 bits per heavy atom. The Morgan fingerprint density at radius 3 is 2.44 bits per heavy atom. The van der Waals surface area contributed by atoms with Gasteiger partial charge in [-0.15, -0.1) is 24.5 Å². The SMILES string of the molecule is Cc1ccc(CN=c2scc(-c3ccc(OC(F)(F)F)cc3)n2CCCNCCO)cc1. The van der Waals surface area contributed by atoms with Crippen LogP contribution in [0.4, 0.5) is 13.2 Å². The van der Waals surface area contributed by atoms with Crippen molar-refractivity contribution in [1.82, 2.24) is 9.88 Å². The average molecular weight is 466 g/mol. The van der Waals surface area contributed by atoms with Crippen LogP contribution in [0.25, 0.3) is 11.3 Å². The van der Waals surface area contributed by atoms with Gasteiger partial charge in [0.2, 0.25) is 0 Å². The highest BCUT2D eigenvalue weighted by atomic mass is 32.1. The number of halogens is 3. The van der Waals surface area contributed by atoms with Crippen molar-refractivity contribution < 1.29 is 23.0 Å². The van der Waals surface area contributed by atoms with E-state index in [9.17, 15) is 13.2 Å². The van der Waals surface area contributed by atoms with Crippen LogP contribution in [0.3, 0.4) is 0 Å². The lowest BCUT2D eigenvalue weighted by molar-refractivity contribution is -0.274. The second-order valence-corrected chi connectivity index (χ2v) is 8.09. The lowest BCUT2D eigenvalue weighted by atomic mass is 10.1. The smallest absolute Gasteiger partial charge is 0.406 e. The van der Waals surface area contributed by atoms with Crippen molar-refractivity contribution in [2.24, 2.45) is 4.99 Å². The van der Waals surface area contributed by atoms with Gasteiger partial charge in [0, 0.05) is 18.5 Å². The normalized spacial score (nSPS) is 12.3. The van der Waals surface area contributed by atoms with Gasteiger partial charge in [0.15, 0.2) is 4.80 Å². The molecule has 1 heterocycles. The number of aliphatic hydroxyl groups excluding tert-OH is 1. The summed E-state index contributed by atoms with van der Waals surface area (Å²) in [5.41, 5.74) is 3.97. The maximum atomic E-state index is 12.4. The van der Waals surface area contributed by atoms with Gasteiger partial charge < -0.3 is 19.7 Å². The number of aryl methyl sites for hydroxylation is 1. The quantitative estimate of drug-likeness (QED) is 0.434. The molecule has 0 aliphatic rings. The maximum absolute atomic E-state index is 12.4. The molecule has 5 nitrogen and oxygen atoms in total. The van der Waals surface area contributed by atoms with Crippen molar-refractivity contribution in [2.75, 3.05) is 19.7 Å². The molecule has 0 aliphatic heterocycles. The number of nitrogens with zero attached hydrogens (tertiary/aromatic N) is 2. The van der Waals surface area contributed by atoms with E-state index < -0.39 is 6.36 Å². The minimum absolute atomic E-state index is 0.0837. The predicted molar refractivity (Wildman–Crippen MR) is 119 cm³/mol. The van der Waals surface area contributed by atoms with Crippen LogP contribution in [0.15, 0.2) is 58.9 Å². The van der Waals surface area contributed by atoms with Crippen molar-refractivity contribution in [3.05, 3.63) is 69.8 Å². The van der Waals surface area contributed by atoms with E-state index in [-0.39, 0.29) is 12.4 Å². The Labute approximate surface area is 188 Å². The molecule has 1 aromatic heterocycles. The van der Waals surface area contributed by atoms with Crippen molar-refractivity contribution in [3.8, 4) is 17.0 Å². The number of benzene rings is 2. The van der Waals surface area contributed by atoms with Gasteiger partial charge >= 0.3 is 6.36 Å². The first-order chi connectivity index (χ1) is 15.4. The number of aromatic nitrogens is 1. The number of ether oxygens (including phenoxy) is 1. The van der Waals surface area contributed by atoms with E-state index in [1.807, 2.05) is 12.3 Å². The van der Waals surface area contributed by atoms with E-state index in [1.54, 1.807) is 12.1 Å². The van der Waals surface area contributed by atoms with Gasteiger partial charge in [-0.2, -0.15) is 0 Å². The highest BCUT2D eigenvalue weighted by Crippen LogP contribution is 2.27. The fraction of sp³-hybridized carbons (Fsp3) is 0.348. The summed E-state index contributed by atoms with van der Waals surface area (Å²) in [4.78, 5) is 5.63. The fourth-order valence-electron chi connectivity index (χ4n) is 3.15. The van der Waals surface area contributed by atoms with Gasteiger partial charge in [-0.1, -0.05) is 29.8 Å². The topological polar surface area (TPSA) is 58.8 Å². The number of thiazole rings is 1. The number of rotatable bonds is 10. The van der Waals surface area contributed by atoms with E-state index in [2.05, 4.69) is 38.9 Å². The maximum Gasteiger partial charge on any atom is 0.573 e. The molecule has 32 heavy (non-hydrogen) atoms. The molecule has 3 rings (SSSR count). The summed E-state index contributed by atoms with van der Waals surface area (Å²) in [7, 11) is 0. The van der Waals surface area contributed by atoms with Crippen LogP contribution in [0.1, 0.15) is 17.5 Å². The first-order valence-corrected chi connectivity index (χ1v) is 11.2. The standard InChI is InChI=1S/C23H26F3N3O2S/c1-17-3-5-18(6-4-17)15-28-22-29(13-2-11-27-12-14-30)21(16-32-22)19-7-9-20(10-8-19)31-23(24,25)26/h3-10,16,27,30H,2,11-15H2,1H3. The Morgan fingerprint density at radius 1 is 1.06 bits per heavy atom. The van der Waals surface area contributed by atoms with Crippen LogP contribution < -0.4 is 14.9 Å². The lowest BCUT2D eigenvalue weighted by Gasteiger charge is -2.12. The van der Waals surface area contributed by atoms with E-state index >= 15 is 0 Å². The first-order valence-electron chi connectivity index (χ1n) is 10.3. The summed E-state index contributed by atoms with van der Waals surface area (Å²) >= 11 is 1.50. The molecule has 0 bridgehead atoms. The molecule has 0 radical (unpaired) electrons. The lowest BCUT2D eigenvalue weighted by Crippen LogP contribution is -2.23. The molecular formula is C23H26F3N3O2S. The molecule has 0 amide bonds. The summed E-state index contributed by atoms with van der Waals surface area (Å²) in [6.07, 6.45) is -3.90. The molecule has 0 aliphatic carbocycles. The number of alkyl halides is 3. The Hall–Kier alpha value is -2.62. The van der Waals surface area contributed by atoms with Gasteiger partial charge in [0.1, 0.15) is 5.75 Å². The summed E-state index contributed by atoms with van der Waals surface area (Å²) in [6.45, 7) is 4.62. The highest BCUT2D eigenvalue weighted by Gasteiger charge is 2.31. The molecule has 9 heteroatoms. The molecule has 3 aromatic rings. The number of aliphatic hydroxyl groups is 1. The number of hydrogen-bond acceptors (Lipinski definition) is 5. The van der Waals surface area contributed by atoms with Crippen LogP contribution in [-0.2, 0) is 13.1 Å². The first kappa shape index (κ1) is 24.0. The molecule has 0 saturated carbocycles. The van der Waals surface area contributed by atoms with Crippen LogP contribution in [0, 0.1) is 6.92 Å². The predicted octanol–water partition coefficient (Wildman–Crippen LogP) is 4.50. The highest BCUT2D eigenvalue weighted by molar-refractivity contribution is 7.07.